The van der Waals surface area contributed by atoms with Crippen LogP contribution >= 0.6 is 0 Å². The van der Waals surface area contributed by atoms with Crippen molar-refractivity contribution in [2.45, 2.75) is 0 Å². The van der Waals surface area contributed by atoms with E-state index in [0.29, 0.717) is 0 Å². The Morgan fingerprint density at radius 2 is 1.73 bits per heavy atom. The van der Waals surface area contributed by atoms with Crippen molar-refractivity contribution in [3.05, 3.63) is 30.3 Å². The van der Waals surface area contributed by atoms with Gasteiger partial charge < -0.3 is 5.43 Å². The second kappa shape index (κ2) is 3.95. The number of anilines is 1. The maximum Gasteiger partial charge on any atom is 0.0501 e. The van der Waals surface area contributed by atoms with Crippen molar-refractivity contribution in [2.24, 2.45) is 0 Å². The number of hydrogen-bond acceptors (Lipinski definition) is 3. The molecule has 0 atom stereocenters. The first-order valence-corrected chi connectivity index (χ1v) is 3.53. The lowest BCUT2D eigenvalue weighted by Gasteiger charge is -2.13. The normalized spacial score (nSPS) is 10.1. The lowest BCUT2D eigenvalue weighted by atomic mass is 10.3. The summed E-state index contributed by atoms with van der Waals surface area (Å²) in [6, 6.07) is 9.95. The number of hydrazine groups is 2. The molecule has 0 heterocycles. The first kappa shape index (κ1) is 8.04. The van der Waals surface area contributed by atoms with E-state index in [1.54, 1.807) is 0 Å². The van der Waals surface area contributed by atoms with Crippen molar-refractivity contribution >= 4 is 5.69 Å². The van der Waals surface area contributed by atoms with Crippen LogP contribution in [0, 0.1) is 0 Å². The Morgan fingerprint density at radius 3 is 2.27 bits per heavy atom. The molecule has 0 saturated carbocycles. The lowest BCUT2D eigenvalue weighted by molar-refractivity contribution is 0.320. The van der Waals surface area contributed by atoms with Crippen molar-refractivity contribution in [2.75, 3.05) is 19.5 Å². The van der Waals surface area contributed by atoms with Gasteiger partial charge in [-0.3, -0.25) is 0 Å². The smallest absolute Gasteiger partial charge is 0.0501 e. The third kappa shape index (κ3) is 3.02. The summed E-state index contributed by atoms with van der Waals surface area (Å²) in [4.78, 5) is 0. The number of hydrogen-bond donors (Lipinski definition) is 2. The molecule has 3 heteroatoms. The van der Waals surface area contributed by atoms with Crippen LogP contribution in [0.25, 0.3) is 0 Å². The SMILES string of the molecule is CN(C)NNc1ccccc1. The van der Waals surface area contributed by atoms with E-state index in [-0.39, 0.29) is 0 Å². The van der Waals surface area contributed by atoms with Gasteiger partial charge in [-0.15, -0.1) is 0 Å². The molecule has 0 aliphatic rings. The van der Waals surface area contributed by atoms with Crippen LogP contribution in [0.1, 0.15) is 0 Å². The Hall–Kier alpha value is -1.06. The molecular weight excluding hydrogens is 138 g/mol. The second-order valence-electron chi connectivity index (χ2n) is 2.50. The van der Waals surface area contributed by atoms with E-state index in [2.05, 4.69) is 11.0 Å². The summed E-state index contributed by atoms with van der Waals surface area (Å²) in [7, 11) is 3.85. The van der Waals surface area contributed by atoms with E-state index >= 15 is 0 Å². The molecule has 0 bridgehead atoms. The average Bonchev–Trinajstić information content (AvgIpc) is 2.03. The maximum absolute atomic E-state index is 3.02. The molecule has 0 aromatic heterocycles. The number of benzene rings is 1. The Labute approximate surface area is 67.0 Å². The second-order valence-corrected chi connectivity index (χ2v) is 2.50. The van der Waals surface area contributed by atoms with E-state index in [1.807, 2.05) is 49.4 Å². The van der Waals surface area contributed by atoms with Gasteiger partial charge >= 0.3 is 0 Å². The van der Waals surface area contributed by atoms with Crippen molar-refractivity contribution in [3.63, 3.8) is 0 Å². The minimum atomic E-state index is 1.06. The van der Waals surface area contributed by atoms with Gasteiger partial charge in [0.1, 0.15) is 0 Å². The monoisotopic (exact) mass is 151 g/mol. The highest BCUT2D eigenvalue weighted by molar-refractivity contribution is 5.40. The van der Waals surface area contributed by atoms with Gasteiger partial charge in [-0.25, -0.2) is 5.01 Å². The molecule has 0 unspecified atom stereocenters. The standard InChI is InChI=1S/C8H13N3/c1-11(2)10-9-8-6-4-3-5-7-8/h3-7,9-10H,1-2H3. The van der Waals surface area contributed by atoms with Gasteiger partial charge in [0.2, 0.25) is 0 Å². The van der Waals surface area contributed by atoms with Gasteiger partial charge in [-0.1, -0.05) is 18.2 Å². The molecule has 0 amide bonds. The van der Waals surface area contributed by atoms with Crippen LogP contribution < -0.4 is 11.0 Å². The number of nitrogens with one attached hydrogen (secondary N) is 2. The van der Waals surface area contributed by atoms with Crippen molar-refractivity contribution in [3.8, 4) is 0 Å². The fourth-order valence-electron chi connectivity index (χ4n) is 0.698. The van der Waals surface area contributed by atoms with Gasteiger partial charge in [0.05, 0.1) is 5.69 Å². The molecule has 0 saturated heterocycles. The molecule has 0 fully saturated rings. The molecule has 3 nitrogen and oxygen atoms in total. The molecule has 0 radical (unpaired) electrons. The fraction of sp³-hybridized carbons (Fsp3) is 0.250. The van der Waals surface area contributed by atoms with Gasteiger partial charge in [0.25, 0.3) is 0 Å². The Kier molecular flexibility index (Phi) is 2.89. The minimum Gasteiger partial charge on any atom is -0.308 e. The topological polar surface area (TPSA) is 27.3 Å². The average molecular weight is 151 g/mol. The van der Waals surface area contributed by atoms with E-state index in [9.17, 15) is 0 Å². The summed E-state index contributed by atoms with van der Waals surface area (Å²) in [5, 5.41) is 1.84. The van der Waals surface area contributed by atoms with Crippen LogP contribution in [0.3, 0.4) is 0 Å². The van der Waals surface area contributed by atoms with Crippen molar-refractivity contribution in [1.29, 1.82) is 0 Å². The quantitative estimate of drug-likeness (QED) is 0.633. The highest BCUT2D eigenvalue weighted by atomic mass is 15.7. The van der Waals surface area contributed by atoms with Crippen molar-refractivity contribution < 1.29 is 0 Å². The lowest BCUT2D eigenvalue weighted by Crippen LogP contribution is -2.35. The van der Waals surface area contributed by atoms with Gasteiger partial charge in [-0.05, 0) is 12.1 Å². The molecule has 0 spiro atoms. The summed E-state index contributed by atoms with van der Waals surface area (Å²) in [5.41, 5.74) is 7.02. The molecule has 2 N–H and O–H groups in total. The molecular formula is C8H13N3. The van der Waals surface area contributed by atoms with Crippen LogP contribution in [0.15, 0.2) is 30.3 Å². The minimum absolute atomic E-state index is 1.06. The summed E-state index contributed by atoms with van der Waals surface area (Å²) < 4.78 is 0. The highest BCUT2D eigenvalue weighted by Crippen LogP contribution is 2.01. The molecule has 60 valence electrons. The zero-order chi connectivity index (χ0) is 8.10. The Morgan fingerprint density at radius 1 is 1.09 bits per heavy atom. The largest absolute Gasteiger partial charge is 0.308 e. The first-order valence-electron chi connectivity index (χ1n) is 3.53. The Balaban J connectivity index is 2.39. The van der Waals surface area contributed by atoms with Crippen LogP contribution in [-0.2, 0) is 0 Å². The van der Waals surface area contributed by atoms with Crippen LogP contribution in [0.4, 0.5) is 5.69 Å². The Bertz CT molecular complexity index is 196. The zero-order valence-corrected chi connectivity index (χ0v) is 6.83. The molecule has 11 heavy (non-hydrogen) atoms. The summed E-state index contributed by atoms with van der Waals surface area (Å²) >= 11 is 0. The predicted molar refractivity (Wildman–Crippen MR) is 46.9 cm³/mol. The first-order chi connectivity index (χ1) is 5.29. The highest BCUT2D eigenvalue weighted by Gasteiger charge is 1.87. The molecule has 0 aliphatic carbocycles. The molecule has 1 aromatic rings. The van der Waals surface area contributed by atoms with E-state index in [0.717, 1.165) is 5.69 Å². The summed E-state index contributed by atoms with van der Waals surface area (Å²) in [6.07, 6.45) is 0. The molecule has 1 rings (SSSR count). The maximum atomic E-state index is 3.02. The number of nitrogens with zero attached hydrogens (tertiary/aromatic N) is 1. The van der Waals surface area contributed by atoms with E-state index in [4.69, 9.17) is 0 Å². The van der Waals surface area contributed by atoms with Crippen LogP contribution in [0.5, 0.6) is 0 Å². The van der Waals surface area contributed by atoms with Crippen LogP contribution in [0.2, 0.25) is 0 Å². The van der Waals surface area contributed by atoms with Crippen LogP contribution in [-0.4, -0.2) is 19.1 Å². The van der Waals surface area contributed by atoms with E-state index < -0.39 is 0 Å². The van der Waals surface area contributed by atoms with Crippen molar-refractivity contribution in [1.82, 2.24) is 10.5 Å². The third-order valence-electron chi connectivity index (χ3n) is 1.20. The fourth-order valence-corrected chi connectivity index (χ4v) is 0.698. The third-order valence-corrected chi connectivity index (χ3v) is 1.20. The summed E-state index contributed by atoms with van der Waals surface area (Å²) in [5.74, 6) is 0. The van der Waals surface area contributed by atoms with Gasteiger partial charge in [-0.2, -0.15) is 5.53 Å². The molecule has 1 aromatic carbocycles. The summed E-state index contributed by atoms with van der Waals surface area (Å²) in [6.45, 7) is 0. The number of rotatable bonds is 3. The zero-order valence-electron chi connectivity index (χ0n) is 6.83. The predicted octanol–water partition coefficient (Wildman–Crippen LogP) is 1.08. The van der Waals surface area contributed by atoms with E-state index in [1.165, 1.54) is 0 Å². The van der Waals surface area contributed by atoms with Gasteiger partial charge in [0.15, 0.2) is 0 Å². The van der Waals surface area contributed by atoms with Gasteiger partial charge in [0, 0.05) is 14.1 Å². The molecule has 0 aliphatic heterocycles. The number of para-hydroxylation sites is 1.